The van der Waals surface area contributed by atoms with Crippen LogP contribution in [-0.2, 0) is 13.5 Å². The van der Waals surface area contributed by atoms with Gasteiger partial charge in [0, 0.05) is 42.2 Å². The van der Waals surface area contributed by atoms with Crippen molar-refractivity contribution in [2.45, 2.75) is 6.42 Å². The molecule has 0 radical (unpaired) electrons. The van der Waals surface area contributed by atoms with Gasteiger partial charge in [-0.15, -0.1) is 0 Å². The second kappa shape index (κ2) is 4.59. The van der Waals surface area contributed by atoms with Crippen LogP contribution in [0.3, 0.4) is 0 Å². The number of carbonyl (C=O) groups is 1. The molecule has 0 atom stereocenters. The van der Waals surface area contributed by atoms with Crippen LogP contribution in [-0.4, -0.2) is 29.7 Å². The van der Waals surface area contributed by atoms with Gasteiger partial charge >= 0.3 is 0 Å². The SMILES string of the molecule is COc1ccc2c(c1)c(C=O)c(CCO)n2C. The molecule has 0 saturated heterocycles. The molecule has 4 nitrogen and oxygen atoms in total. The summed E-state index contributed by atoms with van der Waals surface area (Å²) in [7, 11) is 3.49. The predicted molar refractivity (Wildman–Crippen MR) is 65.6 cm³/mol. The van der Waals surface area contributed by atoms with Gasteiger partial charge < -0.3 is 14.4 Å². The van der Waals surface area contributed by atoms with Crippen LogP contribution in [0, 0.1) is 0 Å². The number of nitrogens with zero attached hydrogens (tertiary/aromatic N) is 1. The zero-order chi connectivity index (χ0) is 12.4. The number of aromatic nitrogens is 1. The number of fused-ring (bicyclic) bond motifs is 1. The number of carbonyl (C=O) groups excluding carboxylic acids is 1. The van der Waals surface area contributed by atoms with Gasteiger partial charge in [0.2, 0.25) is 0 Å². The molecule has 1 aromatic carbocycles. The summed E-state index contributed by atoms with van der Waals surface area (Å²) in [5, 5.41) is 9.90. The largest absolute Gasteiger partial charge is 0.497 e. The quantitative estimate of drug-likeness (QED) is 0.815. The molecule has 0 fully saturated rings. The van der Waals surface area contributed by atoms with Crippen molar-refractivity contribution in [3.63, 3.8) is 0 Å². The molecule has 0 aliphatic carbocycles. The zero-order valence-corrected chi connectivity index (χ0v) is 9.93. The van der Waals surface area contributed by atoms with Crippen LogP contribution < -0.4 is 4.74 Å². The lowest BCUT2D eigenvalue weighted by molar-refractivity contribution is 0.112. The first-order chi connectivity index (χ1) is 8.22. The Morgan fingerprint density at radius 1 is 1.47 bits per heavy atom. The molecule has 90 valence electrons. The first-order valence-corrected chi connectivity index (χ1v) is 5.44. The fraction of sp³-hybridized carbons (Fsp3) is 0.308. The van der Waals surface area contributed by atoms with Gasteiger partial charge in [0.15, 0.2) is 6.29 Å². The molecule has 17 heavy (non-hydrogen) atoms. The lowest BCUT2D eigenvalue weighted by Gasteiger charge is -2.02. The lowest BCUT2D eigenvalue weighted by atomic mass is 10.1. The Kier molecular flexibility index (Phi) is 3.15. The average molecular weight is 233 g/mol. The minimum Gasteiger partial charge on any atom is -0.497 e. The Bertz CT molecular complexity index is 557. The van der Waals surface area contributed by atoms with Crippen molar-refractivity contribution in [1.29, 1.82) is 0 Å². The summed E-state index contributed by atoms with van der Waals surface area (Å²) in [6, 6.07) is 5.63. The average Bonchev–Trinajstić information content (AvgIpc) is 2.62. The second-order valence-electron chi connectivity index (χ2n) is 3.89. The molecule has 0 aliphatic heterocycles. The zero-order valence-electron chi connectivity index (χ0n) is 9.93. The summed E-state index contributed by atoms with van der Waals surface area (Å²) in [6.07, 6.45) is 1.31. The third kappa shape index (κ3) is 1.80. The summed E-state index contributed by atoms with van der Waals surface area (Å²) in [4.78, 5) is 11.2. The fourth-order valence-electron chi connectivity index (χ4n) is 2.17. The molecule has 1 heterocycles. The number of hydrogen-bond acceptors (Lipinski definition) is 3. The van der Waals surface area contributed by atoms with E-state index in [9.17, 15) is 4.79 Å². The Morgan fingerprint density at radius 3 is 2.82 bits per heavy atom. The van der Waals surface area contributed by atoms with E-state index in [0.717, 1.165) is 28.6 Å². The molecule has 0 spiro atoms. The molecule has 0 saturated carbocycles. The second-order valence-corrected chi connectivity index (χ2v) is 3.89. The van der Waals surface area contributed by atoms with Gasteiger partial charge in [0.05, 0.1) is 7.11 Å². The number of rotatable bonds is 4. The maximum atomic E-state index is 11.2. The molecule has 0 unspecified atom stereocenters. The number of ether oxygens (including phenoxy) is 1. The molecule has 0 aliphatic rings. The number of hydrogen-bond donors (Lipinski definition) is 1. The van der Waals surface area contributed by atoms with Crippen molar-refractivity contribution in [2.75, 3.05) is 13.7 Å². The molecule has 0 bridgehead atoms. The molecular weight excluding hydrogens is 218 g/mol. The van der Waals surface area contributed by atoms with Crippen LogP contribution in [0.15, 0.2) is 18.2 Å². The number of aliphatic hydroxyl groups is 1. The monoisotopic (exact) mass is 233 g/mol. The highest BCUT2D eigenvalue weighted by Crippen LogP contribution is 2.28. The first-order valence-electron chi connectivity index (χ1n) is 5.44. The Morgan fingerprint density at radius 2 is 2.24 bits per heavy atom. The highest BCUT2D eigenvalue weighted by atomic mass is 16.5. The van der Waals surface area contributed by atoms with E-state index in [-0.39, 0.29) is 6.61 Å². The van der Waals surface area contributed by atoms with Crippen LogP contribution >= 0.6 is 0 Å². The van der Waals surface area contributed by atoms with E-state index in [1.54, 1.807) is 7.11 Å². The Balaban J connectivity index is 2.74. The first kappa shape index (κ1) is 11.7. The molecule has 2 aromatic rings. The maximum Gasteiger partial charge on any atom is 0.152 e. The smallest absolute Gasteiger partial charge is 0.152 e. The summed E-state index contributed by atoms with van der Waals surface area (Å²) in [5.41, 5.74) is 2.46. The van der Waals surface area contributed by atoms with E-state index < -0.39 is 0 Å². The number of methoxy groups -OCH3 is 1. The highest BCUT2D eigenvalue weighted by Gasteiger charge is 2.14. The molecule has 0 amide bonds. The number of benzene rings is 1. The number of aliphatic hydroxyl groups excluding tert-OH is 1. The summed E-state index contributed by atoms with van der Waals surface area (Å²) < 4.78 is 7.10. The third-order valence-electron chi connectivity index (χ3n) is 3.04. The van der Waals surface area contributed by atoms with Crippen LogP contribution in [0.5, 0.6) is 5.75 Å². The molecular formula is C13H15NO3. The predicted octanol–water partition coefficient (Wildman–Crippen LogP) is 1.53. The van der Waals surface area contributed by atoms with E-state index in [2.05, 4.69) is 0 Å². The van der Waals surface area contributed by atoms with Gasteiger partial charge in [-0.25, -0.2) is 0 Å². The van der Waals surface area contributed by atoms with Crippen LogP contribution in [0.2, 0.25) is 0 Å². The van der Waals surface area contributed by atoms with Crippen molar-refractivity contribution >= 4 is 17.2 Å². The maximum absolute atomic E-state index is 11.2. The Labute approximate surface area is 99.4 Å². The van der Waals surface area contributed by atoms with E-state index >= 15 is 0 Å². The van der Waals surface area contributed by atoms with Crippen molar-refractivity contribution in [1.82, 2.24) is 4.57 Å². The van der Waals surface area contributed by atoms with Crippen molar-refractivity contribution in [3.05, 3.63) is 29.5 Å². The number of aryl methyl sites for hydroxylation is 1. The van der Waals surface area contributed by atoms with E-state index in [1.807, 2.05) is 29.8 Å². The molecule has 1 aromatic heterocycles. The molecule has 4 heteroatoms. The van der Waals surface area contributed by atoms with Gasteiger partial charge in [-0.05, 0) is 18.2 Å². The minimum absolute atomic E-state index is 0.0299. The lowest BCUT2D eigenvalue weighted by Crippen LogP contribution is -2.01. The summed E-state index contributed by atoms with van der Waals surface area (Å²) >= 11 is 0. The van der Waals surface area contributed by atoms with Gasteiger partial charge in [-0.3, -0.25) is 4.79 Å². The summed E-state index contributed by atoms with van der Waals surface area (Å²) in [5.74, 6) is 0.724. The van der Waals surface area contributed by atoms with Crippen molar-refractivity contribution < 1.29 is 14.6 Å². The Hall–Kier alpha value is -1.81. The van der Waals surface area contributed by atoms with Crippen LogP contribution in [0.25, 0.3) is 10.9 Å². The molecule has 2 rings (SSSR count). The third-order valence-corrected chi connectivity index (χ3v) is 3.04. The highest BCUT2D eigenvalue weighted by molar-refractivity contribution is 6.00. The minimum atomic E-state index is 0.0299. The fourth-order valence-corrected chi connectivity index (χ4v) is 2.17. The number of aldehydes is 1. The standard InChI is InChI=1S/C13H15NO3/c1-14-12-4-3-9(17-2)7-10(12)11(8-16)13(14)5-6-15/h3-4,7-8,15H,5-6H2,1-2H3. The van der Waals surface area contributed by atoms with Crippen LogP contribution in [0.4, 0.5) is 0 Å². The van der Waals surface area contributed by atoms with Gasteiger partial charge in [-0.1, -0.05) is 0 Å². The van der Waals surface area contributed by atoms with E-state index in [1.165, 1.54) is 0 Å². The van der Waals surface area contributed by atoms with Crippen molar-refractivity contribution in [2.24, 2.45) is 7.05 Å². The van der Waals surface area contributed by atoms with Gasteiger partial charge in [0.1, 0.15) is 5.75 Å². The van der Waals surface area contributed by atoms with E-state index in [4.69, 9.17) is 9.84 Å². The summed E-state index contributed by atoms with van der Waals surface area (Å²) in [6.45, 7) is 0.0299. The topological polar surface area (TPSA) is 51.5 Å². The van der Waals surface area contributed by atoms with Crippen LogP contribution in [0.1, 0.15) is 16.1 Å². The van der Waals surface area contributed by atoms with E-state index in [0.29, 0.717) is 12.0 Å². The van der Waals surface area contributed by atoms with Gasteiger partial charge in [-0.2, -0.15) is 0 Å². The van der Waals surface area contributed by atoms with Crippen molar-refractivity contribution in [3.8, 4) is 5.75 Å². The van der Waals surface area contributed by atoms with Gasteiger partial charge in [0.25, 0.3) is 0 Å². The molecule has 1 N–H and O–H groups in total. The normalized spacial score (nSPS) is 10.8.